The van der Waals surface area contributed by atoms with Crippen LogP contribution in [-0.4, -0.2) is 35.8 Å². The molecule has 1 aromatic rings. The van der Waals surface area contributed by atoms with E-state index in [1.807, 2.05) is 6.26 Å². The summed E-state index contributed by atoms with van der Waals surface area (Å²) < 4.78 is 39.2. The number of thioether (sulfide) groups is 1. The molecular formula is C14H16F3NOS. The van der Waals surface area contributed by atoms with Crippen LogP contribution in [0.2, 0.25) is 0 Å². The zero-order valence-electron chi connectivity index (χ0n) is 11.1. The number of piperidine rings is 1. The normalized spacial score (nSPS) is 20.0. The average molecular weight is 303 g/mol. The van der Waals surface area contributed by atoms with Gasteiger partial charge in [0, 0.05) is 11.4 Å². The summed E-state index contributed by atoms with van der Waals surface area (Å²) in [6, 6.07) is 5.15. The fraction of sp³-hybridized carbons (Fsp3) is 0.500. The molecule has 1 saturated heterocycles. The summed E-state index contributed by atoms with van der Waals surface area (Å²) in [5.74, 6) is -0.517. The highest BCUT2D eigenvalue weighted by Crippen LogP contribution is 2.33. The van der Waals surface area contributed by atoms with Crippen LogP contribution in [0.15, 0.2) is 29.2 Å². The molecule has 1 amide bonds. The second-order valence-corrected chi connectivity index (χ2v) is 5.60. The maximum Gasteiger partial charge on any atom is 0.408 e. The molecule has 1 aromatic carbocycles. The minimum absolute atomic E-state index is 0.00330. The molecule has 6 heteroatoms. The first kappa shape index (κ1) is 15.2. The molecule has 0 radical (unpaired) electrons. The predicted molar refractivity (Wildman–Crippen MR) is 73.0 cm³/mol. The second kappa shape index (κ2) is 6.08. The number of carbonyl (C=O) groups excluding carboxylic acids is 1. The van der Waals surface area contributed by atoms with Crippen LogP contribution in [0, 0.1) is 0 Å². The van der Waals surface area contributed by atoms with Gasteiger partial charge in [0.2, 0.25) is 0 Å². The number of hydrogen-bond donors (Lipinski definition) is 0. The summed E-state index contributed by atoms with van der Waals surface area (Å²) in [4.78, 5) is 14.1. The van der Waals surface area contributed by atoms with Gasteiger partial charge < -0.3 is 4.90 Å². The van der Waals surface area contributed by atoms with Crippen molar-refractivity contribution in [3.05, 3.63) is 29.8 Å². The zero-order valence-corrected chi connectivity index (χ0v) is 11.9. The lowest BCUT2D eigenvalue weighted by Gasteiger charge is -2.37. The lowest BCUT2D eigenvalue weighted by molar-refractivity contribution is -0.183. The van der Waals surface area contributed by atoms with Gasteiger partial charge in [0.1, 0.15) is 6.04 Å². The Balaban J connectivity index is 2.30. The van der Waals surface area contributed by atoms with Crippen molar-refractivity contribution in [1.82, 2.24) is 4.90 Å². The largest absolute Gasteiger partial charge is 0.408 e. The van der Waals surface area contributed by atoms with Crippen LogP contribution < -0.4 is 0 Å². The molecule has 1 atom stereocenters. The number of benzene rings is 1. The molecule has 0 bridgehead atoms. The third-order valence-corrected chi connectivity index (χ3v) is 4.27. The number of alkyl halides is 3. The standard InChI is InChI=1S/C14H16F3NOS/c1-20-11-7-3-2-6-10(11)13(19)18-9-5-4-8-12(18)14(15,16)17/h2-3,6-7,12H,4-5,8-9H2,1H3. The number of nitrogens with zero attached hydrogens (tertiary/aromatic N) is 1. The maximum atomic E-state index is 13.1. The molecule has 0 aromatic heterocycles. The Hall–Kier alpha value is -1.17. The maximum absolute atomic E-state index is 13.1. The zero-order chi connectivity index (χ0) is 14.8. The quantitative estimate of drug-likeness (QED) is 0.771. The summed E-state index contributed by atoms with van der Waals surface area (Å²) in [5, 5.41) is 0. The first-order chi connectivity index (χ1) is 9.45. The van der Waals surface area contributed by atoms with Crippen molar-refractivity contribution in [2.75, 3.05) is 12.8 Å². The minimum Gasteiger partial charge on any atom is -0.326 e. The molecule has 1 heterocycles. The Morgan fingerprint density at radius 3 is 2.65 bits per heavy atom. The Morgan fingerprint density at radius 2 is 2.00 bits per heavy atom. The number of likely N-dealkylation sites (tertiary alicyclic amines) is 1. The van der Waals surface area contributed by atoms with Gasteiger partial charge in [0.05, 0.1) is 5.56 Å². The monoisotopic (exact) mass is 303 g/mol. The van der Waals surface area contributed by atoms with Crippen LogP contribution in [0.5, 0.6) is 0 Å². The first-order valence-electron chi connectivity index (χ1n) is 6.46. The molecule has 0 aliphatic carbocycles. The van der Waals surface area contributed by atoms with E-state index >= 15 is 0 Å². The van der Waals surface area contributed by atoms with Crippen molar-refractivity contribution in [1.29, 1.82) is 0 Å². The van der Waals surface area contributed by atoms with Gasteiger partial charge in [0.25, 0.3) is 5.91 Å². The summed E-state index contributed by atoms with van der Waals surface area (Å²) >= 11 is 1.37. The molecule has 1 aliphatic rings. The number of halogens is 3. The fourth-order valence-corrected chi connectivity index (χ4v) is 3.08. The van der Waals surface area contributed by atoms with E-state index in [0.29, 0.717) is 23.3 Å². The van der Waals surface area contributed by atoms with Gasteiger partial charge in [-0.3, -0.25) is 4.79 Å². The molecule has 0 saturated carbocycles. The van der Waals surface area contributed by atoms with Crippen molar-refractivity contribution in [2.45, 2.75) is 36.4 Å². The van der Waals surface area contributed by atoms with E-state index in [1.54, 1.807) is 24.3 Å². The van der Waals surface area contributed by atoms with Crippen molar-refractivity contribution < 1.29 is 18.0 Å². The Labute approximate surface area is 120 Å². The van der Waals surface area contributed by atoms with Gasteiger partial charge in [-0.2, -0.15) is 13.2 Å². The van der Waals surface area contributed by atoms with Gasteiger partial charge in [-0.1, -0.05) is 12.1 Å². The lowest BCUT2D eigenvalue weighted by atomic mass is 10.0. The Bertz CT molecular complexity index is 490. The van der Waals surface area contributed by atoms with Gasteiger partial charge in [-0.25, -0.2) is 0 Å². The number of rotatable bonds is 2. The third kappa shape index (κ3) is 3.11. The van der Waals surface area contributed by atoms with Gasteiger partial charge in [-0.15, -0.1) is 11.8 Å². The van der Waals surface area contributed by atoms with Crippen molar-refractivity contribution >= 4 is 17.7 Å². The predicted octanol–water partition coefficient (Wildman–Crippen LogP) is 3.97. The molecule has 1 unspecified atom stereocenters. The summed E-state index contributed by atoms with van der Waals surface area (Å²) in [5.41, 5.74) is 0.358. The number of hydrogen-bond acceptors (Lipinski definition) is 2. The van der Waals surface area contributed by atoms with Crippen molar-refractivity contribution in [2.24, 2.45) is 0 Å². The van der Waals surface area contributed by atoms with E-state index < -0.39 is 18.1 Å². The van der Waals surface area contributed by atoms with E-state index in [4.69, 9.17) is 0 Å². The van der Waals surface area contributed by atoms with Crippen LogP contribution in [0.3, 0.4) is 0 Å². The van der Waals surface area contributed by atoms with Crippen LogP contribution in [0.25, 0.3) is 0 Å². The molecule has 20 heavy (non-hydrogen) atoms. The van der Waals surface area contributed by atoms with Gasteiger partial charge >= 0.3 is 6.18 Å². The van der Waals surface area contributed by atoms with Gasteiger partial charge in [-0.05, 0) is 37.7 Å². The Kier molecular flexibility index (Phi) is 4.62. The van der Waals surface area contributed by atoms with Gasteiger partial charge in [0.15, 0.2) is 0 Å². The van der Waals surface area contributed by atoms with Crippen LogP contribution in [-0.2, 0) is 0 Å². The van der Waals surface area contributed by atoms with E-state index in [9.17, 15) is 18.0 Å². The topological polar surface area (TPSA) is 20.3 Å². The van der Waals surface area contributed by atoms with E-state index in [0.717, 1.165) is 4.90 Å². The highest BCUT2D eigenvalue weighted by atomic mass is 32.2. The van der Waals surface area contributed by atoms with E-state index in [1.165, 1.54) is 11.8 Å². The molecular weight excluding hydrogens is 287 g/mol. The van der Waals surface area contributed by atoms with Crippen LogP contribution >= 0.6 is 11.8 Å². The highest BCUT2D eigenvalue weighted by Gasteiger charge is 2.46. The molecule has 0 spiro atoms. The fourth-order valence-electron chi connectivity index (χ4n) is 2.49. The summed E-state index contributed by atoms with van der Waals surface area (Å²) in [6.07, 6.45) is -1.41. The molecule has 0 N–H and O–H groups in total. The lowest BCUT2D eigenvalue weighted by Crippen LogP contribution is -2.51. The van der Waals surface area contributed by atoms with E-state index in [2.05, 4.69) is 0 Å². The highest BCUT2D eigenvalue weighted by molar-refractivity contribution is 7.98. The molecule has 110 valence electrons. The average Bonchev–Trinajstić information content (AvgIpc) is 2.45. The molecule has 1 aliphatic heterocycles. The van der Waals surface area contributed by atoms with Crippen molar-refractivity contribution in [3.8, 4) is 0 Å². The second-order valence-electron chi connectivity index (χ2n) is 4.75. The third-order valence-electron chi connectivity index (χ3n) is 3.48. The van der Waals surface area contributed by atoms with Crippen LogP contribution in [0.4, 0.5) is 13.2 Å². The smallest absolute Gasteiger partial charge is 0.326 e. The molecule has 2 rings (SSSR count). The van der Waals surface area contributed by atoms with Crippen molar-refractivity contribution in [3.63, 3.8) is 0 Å². The summed E-state index contributed by atoms with van der Waals surface area (Å²) in [6.45, 7) is 0.172. The van der Waals surface area contributed by atoms with Crippen LogP contribution in [0.1, 0.15) is 29.6 Å². The SMILES string of the molecule is CSc1ccccc1C(=O)N1CCCCC1C(F)(F)F. The minimum atomic E-state index is -4.36. The molecule has 1 fully saturated rings. The number of carbonyl (C=O) groups is 1. The van der Waals surface area contributed by atoms with E-state index in [-0.39, 0.29) is 13.0 Å². The molecule has 2 nitrogen and oxygen atoms in total. The Morgan fingerprint density at radius 1 is 1.30 bits per heavy atom. The number of amides is 1. The summed E-state index contributed by atoms with van der Waals surface area (Å²) in [7, 11) is 0. The first-order valence-corrected chi connectivity index (χ1v) is 7.68.